The average molecular weight is 523 g/mol. The third-order valence-electron chi connectivity index (χ3n) is 5.36. The molecule has 0 radical (unpaired) electrons. The van der Waals surface area contributed by atoms with Gasteiger partial charge < -0.3 is 28.9 Å². The number of benzene rings is 3. The number of esters is 1. The summed E-state index contributed by atoms with van der Waals surface area (Å²) in [6.07, 6.45) is 0.527. The van der Waals surface area contributed by atoms with Crippen molar-refractivity contribution in [1.29, 1.82) is 0 Å². The molecule has 38 heavy (non-hydrogen) atoms. The molecule has 200 valence electrons. The van der Waals surface area contributed by atoms with Gasteiger partial charge in [-0.1, -0.05) is 41.6 Å². The van der Waals surface area contributed by atoms with Crippen molar-refractivity contribution in [3.63, 3.8) is 0 Å². The number of carbonyl (C=O) groups is 2. The van der Waals surface area contributed by atoms with Gasteiger partial charge in [-0.15, -0.1) is 0 Å². The van der Waals surface area contributed by atoms with Crippen LogP contribution in [0.1, 0.15) is 30.0 Å². The van der Waals surface area contributed by atoms with Crippen LogP contribution < -0.4 is 9.47 Å². The summed E-state index contributed by atoms with van der Waals surface area (Å²) in [5, 5.41) is 13.1. The highest BCUT2D eigenvalue weighted by molar-refractivity contribution is 6.01. The lowest BCUT2D eigenvalue weighted by molar-refractivity contribution is -0.143. The minimum Gasteiger partial charge on any atom is -0.578 e. The van der Waals surface area contributed by atoms with Crippen molar-refractivity contribution in [3.8, 4) is 17.2 Å². The number of nitrogens with zero attached hydrogens (tertiary/aromatic N) is 1. The largest absolute Gasteiger partial charge is 0.578 e. The summed E-state index contributed by atoms with van der Waals surface area (Å²) in [6.45, 7) is 2.21. The predicted molar refractivity (Wildman–Crippen MR) is 142 cm³/mol. The van der Waals surface area contributed by atoms with E-state index in [9.17, 15) is 9.59 Å². The molecule has 0 aliphatic carbocycles. The lowest BCUT2D eigenvalue weighted by Crippen LogP contribution is -2.12. The number of carbonyl (C=O) groups excluding carboxylic acids is 1. The average Bonchev–Trinajstić information content (AvgIpc) is 2.93. The van der Waals surface area contributed by atoms with Crippen molar-refractivity contribution in [2.45, 2.75) is 26.4 Å². The fourth-order valence-electron chi connectivity index (χ4n) is 3.52. The Kier molecular flexibility index (Phi) is 11.0. The van der Waals surface area contributed by atoms with Crippen molar-refractivity contribution in [3.05, 3.63) is 89.5 Å². The molecule has 0 bridgehead atoms. The Hall–Kier alpha value is -4.53. The van der Waals surface area contributed by atoms with Crippen molar-refractivity contribution in [2.75, 3.05) is 26.9 Å². The molecule has 0 saturated heterocycles. The van der Waals surface area contributed by atoms with Crippen LogP contribution >= 0.6 is 0 Å². The number of aliphatic hydroxyl groups is 1. The van der Waals surface area contributed by atoms with E-state index in [4.69, 9.17) is 24.2 Å². The lowest BCUT2D eigenvalue weighted by Gasteiger charge is -2.13. The predicted octanol–water partition coefficient (Wildman–Crippen LogP) is 4.52. The number of carboxylic acid groups (broad SMARTS) is 1. The molecule has 2 N–H and O–H groups in total. The van der Waals surface area contributed by atoms with Crippen LogP contribution in [0.5, 0.6) is 17.2 Å². The maximum absolute atomic E-state index is 11.7. The second kappa shape index (κ2) is 14.9. The maximum atomic E-state index is 11.7. The molecular formula is C29H32NO8+. The fraction of sp³-hybridized carbons (Fsp3) is 0.276. The van der Waals surface area contributed by atoms with E-state index >= 15 is 0 Å². The molecule has 0 aliphatic rings. The number of carboxylic acids is 1. The molecule has 0 fully saturated rings. The van der Waals surface area contributed by atoms with E-state index in [0.29, 0.717) is 43.3 Å². The van der Waals surface area contributed by atoms with Crippen LogP contribution in [0, 0.1) is 0 Å². The third-order valence-corrected chi connectivity index (χ3v) is 5.36. The van der Waals surface area contributed by atoms with Gasteiger partial charge in [0.1, 0.15) is 25.2 Å². The molecule has 0 heterocycles. The van der Waals surface area contributed by atoms with Gasteiger partial charge in [0, 0.05) is 30.2 Å². The summed E-state index contributed by atoms with van der Waals surface area (Å²) in [5.41, 5.74) is 3.30. The Morgan fingerprint density at radius 1 is 0.974 bits per heavy atom. The van der Waals surface area contributed by atoms with Crippen LogP contribution in [0.15, 0.2) is 78.0 Å². The van der Waals surface area contributed by atoms with E-state index in [1.54, 1.807) is 25.1 Å². The fourth-order valence-corrected chi connectivity index (χ4v) is 3.52. The van der Waals surface area contributed by atoms with E-state index in [1.807, 2.05) is 54.6 Å². The summed E-state index contributed by atoms with van der Waals surface area (Å²) >= 11 is 0. The Morgan fingerprint density at radius 2 is 1.74 bits per heavy atom. The summed E-state index contributed by atoms with van der Waals surface area (Å²) in [4.78, 5) is 27.7. The molecule has 3 rings (SSSR count). The van der Waals surface area contributed by atoms with Gasteiger partial charge in [0.25, 0.3) is 5.75 Å². The van der Waals surface area contributed by atoms with E-state index in [2.05, 4.69) is 9.89 Å². The highest BCUT2D eigenvalue weighted by atomic mass is 16.6. The van der Waals surface area contributed by atoms with Crippen LogP contribution in [0.4, 0.5) is 0 Å². The second-order valence-corrected chi connectivity index (χ2v) is 8.11. The number of aromatic hydroxyl groups is 1. The zero-order chi connectivity index (χ0) is 27.2. The standard InChI is InChI=1S/C29H31NO8/c1-3-35-29(33)16-12-23-11-15-25(17-27(23)38-20-28(31)32)36-18-21-9-13-24(14-10-21)37-19-26(30-34-2)22-7-5-4-6-8-22/h4-11,13-15,17H,3,12,16,18-20H2,1-2H3,(H,31,32)/p+1/b30-26+. The van der Waals surface area contributed by atoms with E-state index < -0.39 is 12.6 Å². The van der Waals surface area contributed by atoms with Crippen LogP contribution in [-0.4, -0.2) is 54.4 Å². The number of ether oxygens (including phenoxy) is 4. The Bertz CT molecular complexity index is 1210. The zero-order valence-electron chi connectivity index (χ0n) is 21.5. The molecule has 0 spiro atoms. The molecule has 9 heteroatoms. The molecule has 0 aromatic heterocycles. The van der Waals surface area contributed by atoms with Gasteiger partial charge in [0.2, 0.25) is 6.61 Å². The smallest absolute Gasteiger partial charge is 0.341 e. The third kappa shape index (κ3) is 9.16. The second-order valence-electron chi connectivity index (χ2n) is 8.11. The van der Waals surface area contributed by atoms with Crippen molar-refractivity contribution < 1.29 is 38.5 Å². The highest BCUT2D eigenvalue weighted by Gasteiger charge is 2.12. The summed E-state index contributed by atoms with van der Waals surface area (Å²) in [5.74, 6) is 0.249. The molecule has 3 aromatic carbocycles. The van der Waals surface area contributed by atoms with Crippen molar-refractivity contribution in [2.24, 2.45) is 5.16 Å². The Morgan fingerprint density at radius 3 is 2.42 bits per heavy atom. The molecule has 3 aromatic rings. The van der Waals surface area contributed by atoms with Crippen LogP contribution in [-0.2, 0) is 32.2 Å². The minimum atomic E-state index is -1.09. The summed E-state index contributed by atoms with van der Waals surface area (Å²) < 4.78 is 20.9. The summed E-state index contributed by atoms with van der Waals surface area (Å²) in [7, 11) is 1.51. The quantitative estimate of drug-likeness (QED) is 0.135. The number of rotatable bonds is 15. The molecular weight excluding hydrogens is 490 g/mol. The number of hydrogen-bond acceptors (Lipinski definition) is 7. The van der Waals surface area contributed by atoms with Gasteiger partial charge in [-0.05, 0) is 42.7 Å². The SMILES string of the molecule is CCOC(=O)CCc1ccc(OCc2ccc([OH+]C/C(=N\OC)c3ccccc3)cc2)cc1OCC(=O)O. The molecule has 0 aliphatic heterocycles. The first kappa shape index (κ1) is 28.0. The number of aryl methyl sites for hydroxylation is 1. The van der Waals surface area contributed by atoms with Crippen molar-refractivity contribution >= 4 is 17.7 Å². The molecule has 0 unspecified atom stereocenters. The molecule has 0 saturated carbocycles. The molecule has 0 amide bonds. The van der Waals surface area contributed by atoms with E-state index in [0.717, 1.165) is 22.6 Å². The Labute approximate surface area is 221 Å². The van der Waals surface area contributed by atoms with Gasteiger partial charge >= 0.3 is 11.9 Å². The van der Waals surface area contributed by atoms with Crippen molar-refractivity contribution in [1.82, 2.24) is 0 Å². The highest BCUT2D eigenvalue weighted by Crippen LogP contribution is 2.27. The van der Waals surface area contributed by atoms with Gasteiger partial charge in [-0.25, -0.2) is 4.79 Å². The number of oxime groups is 1. The van der Waals surface area contributed by atoms with Gasteiger partial charge in [0.05, 0.1) is 6.61 Å². The molecule has 0 atom stereocenters. The normalized spacial score (nSPS) is 10.9. The minimum absolute atomic E-state index is 0.166. The van der Waals surface area contributed by atoms with Gasteiger partial charge in [0.15, 0.2) is 12.3 Å². The van der Waals surface area contributed by atoms with Gasteiger partial charge in [-0.3, -0.25) is 4.79 Å². The first-order chi connectivity index (χ1) is 18.5. The number of hydrogen-bond donors (Lipinski definition) is 1. The van der Waals surface area contributed by atoms with Crippen LogP contribution in [0.3, 0.4) is 0 Å². The van der Waals surface area contributed by atoms with Crippen LogP contribution in [0.25, 0.3) is 0 Å². The molecule has 9 nitrogen and oxygen atoms in total. The first-order valence-corrected chi connectivity index (χ1v) is 12.2. The lowest BCUT2D eigenvalue weighted by atomic mass is 10.1. The van der Waals surface area contributed by atoms with Crippen LogP contribution in [0.2, 0.25) is 0 Å². The summed E-state index contributed by atoms with van der Waals surface area (Å²) in [6, 6.07) is 22.5. The number of aliphatic carboxylic acids is 1. The maximum Gasteiger partial charge on any atom is 0.341 e. The first-order valence-electron chi connectivity index (χ1n) is 12.2. The monoisotopic (exact) mass is 522 g/mol. The Balaban J connectivity index is 1.58. The van der Waals surface area contributed by atoms with Gasteiger partial charge in [-0.2, -0.15) is 0 Å². The van der Waals surface area contributed by atoms with E-state index in [1.165, 1.54) is 7.11 Å². The van der Waals surface area contributed by atoms with E-state index in [-0.39, 0.29) is 12.4 Å². The topological polar surface area (TPSA) is 116 Å². The zero-order valence-corrected chi connectivity index (χ0v) is 21.5.